The van der Waals surface area contributed by atoms with E-state index < -0.39 is 0 Å². The molecule has 0 saturated heterocycles. The first-order valence-corrected chi connectivity index (χ1v) is 24.6. The number of aryl methyl sites for hydroxylation is 1. The van der Waals surface area contributed by atoms with Crippen LogP contribution in [-0.2, 0) is 125 Å². The number of imidazole rings is 5. The molecule has 0 saturated carbocycles. The van der Waals surface area contributed by atoms with Crippen molar-refractivity contribution in [3.8, 4) is 0 Å². The Kier molecular flexibility index (Phi) is 23.2. The summed E-state index contributed by atoms with van der Waals surface area (Å²) < 4.78 is 11.3. The van der Waals surface area contributed by atoms with E-state index in [2.05, 4.69) is 103 Å². The number of hydrogen-bond donors (Lipinski definition) is 0. The summed E-state index contributed by atoms with van der Waals surface area (Å²) in [6.07, 6.45) is 39.6. The normalized spacial score (nSPS) is 10.3. The van der Waals surface area contributed by atoms with Crippen molar-refractivity contribution in [2.24, 2.45) is 0 Å². The minimum atomic E-state index is 0. The molecule has 15 heterocycles. The molecule has 0 atom stereocenters. The number of benzene rings is 3. The van der Waals surface area contributed by atoms with Gasteiger partial charge in [-0.3, -0.25) is 43.9 Å². The molecule has 0 spiro atoms. The summed E-state index contributed by atoms with van der Waals surface area (Å²) in [5.74, 6) is 0.787. The second-order valence-electron chi connectivity index (χ2n) is 17.5. The average Bonchev–Trinajstić information content (AvgIpc) is 4.46. The van der Waals surface area contributed by atoms with Crippen LogP contribution in [0.3, 0.4) is 0 Å². The fourth-order valence-corrected chi connectivity index (χ4v) is 8.93. The van der Waals surface area contributed by atoms with Gasteiger partial charge in [0.25, 0.3) is 0 Å². The molecule has 0 fully saturated rings. The Balaban J connectivity index is 0.000000144. The zero-order chi connectivity index (χ0) is 52.9. The SMILES string of the molecule is Cc1nc2c3[c-]cccc3ccn2n1.[Ir].[Pt].[Pt].[Pt].[Pt].[Pt].[c-]1cccc2cnn3ccnc3c12.[c-]1cccc2ncn3ccnc3c12.[c-]1ccnc2ccn3ccnc3c12.[c-]1cncc2ccn3ccnc3c12.[c-]1nccc2ccn3ccnc3c12. The maximum absolute atomic E-state index is 4.36. The van der Waals surface area contributed by atoms with Crippen molar-refractivity contribution in [3.05, 3.63) is 257 Å². The zero-order valence-corrected chi connectivity index (χ0v) is 57.4. The summed E-state index contributed by atoms with van der Waals surface area (Å²) in [5, 5.41) is 18.8. The van der Waals surface area contributed by atoms with Crippen molar-refractivity contribution in [1.29, 1.82) is 0 Å². The van der Waals surface area contributed by atoms with Crippen LogP contribution < -0.4 is 0 Å². The molecule has 3 aromatic carbocycles. The van der Waals surface area contributed by atoms with Crippen molar-refractivity contribution in [2.75, 3.05) is 0 Å². The standard InChI is InChI=1S/C11H8N3.5C10H6N3.Ir.5Pt/c1-8-12-11-10-5-3-2-4-9(10)6-7-14(11)13-8;1-3-11-7-8-2-5-13-6-4-12-10(13)9(1)8;1-3-11-7-9-8(1)2-5-13-6-4-12-10(9)13;1-2-8-9(11-4-1)3-6-13-7-5-12-10(8)13;1-2-4-9-8(3-1)10-11-5-6-13(10)7-12-9;1-2-4-9-8(3-1)7-12-13-6-5-11-10(9)13;;;;;;/h2-4,6-7H,1H3;2-7H;1-6H;1,3-7H;1-2,4-7H;1-3,5-7H;;;;;;/q6*-1;;;;;;. The third-order valence-corrected chi connectivity index (χ3v) is 12.6. The van der Waals surface area contributed by atoms with Crippen LogP contribution in [0.1, 0.15) is 5.82 Å². The average molecular weight is 2190 g/mol. The molecule has 0 N–H and O–H groups in total. The van der Waals surface area contributed by atoms with E-state index >= 15 is 0 Å². The first kappa shape index (κ1) is 65.2. The molecule has 18 aromatic rings. The van der Waals surface area contributed by atoms with Gasteiger partial charge in [-0.15, -0.1) is 113 Å². The summed E-state index contributed by atoms with van der Waals surface area (Å²) in [6.45, 7) is 1.89. The molecular weight excluding hydrogens is 2150 g/mol. The van der Waals surface area contributed by atoms with Crippen molar-refractivity contribution >= 4 is 98.8 Å². The van der Waals surface area contributed by atoms with Gasteiger partial charge in [0, 0.05) is 205 Å². The Labute approximate surface area is 569 Å². The van der Waals surface area contributed by atoms with E-state index in [1.54, 1.807) is 71.0 Å². The van der Waals surface area contributed by atoms with Crippen molar-refractivity contribution < 1.29 is 125 Å². The molecular formula is C61H38IrN18Pt5-6. The van der Waals surface area contributed by atoms with Crippen LogP contribution in [0, 0.1) is 43.5 Å². The van der Waals surface area contributed by atoms with Gasteiger partial charge in [-0.2, -0.15) is 16.3 Å². The molecule has 18 rings (SSSR count). The van der Waals surface area contributed by atoms with Crippen LogP contribution in [0.5, 0.6) is 0 Å². The predicted molar refractivity (Wildman–Crippen MR) is 301 cm³/mol. The Bertz CT molecular complexity index is 4530. The fraction of sp³-hybridized carbons (Fsp3) is 0.0164. The minimum absolute atomic E-state index is 0. The third kappa shape index (κ3) is 14.0. The van der Waals surface area contributed by atoms with Crippen LogP contribution in [0.25, 0.3) is 98.8 Å². The summed E-state index contributed by atoms with van der Waals surface area (Å²) in [5.41, 5.74) is 7.25. The number of aromatic nitrogens is 18. The monoisotopic (exact) mass is 2190 g/mol. The topological polar surface area (TPSA) is 181 Å². The van der Waals surface area contributed by atoms with Crippen molar-refractivity contribution in [1.82, 2.24) is 86.7 Å². The van der Waals surface area contributed by atoms with Gasteiger partial charge < -0.3 is 32.6 Å². The molecule has 24 heteroatoms. The summed E-state index contributed by atoms with van der Waals surface area (Å²) in [7, 11) is 0. The van der Waals surface area contributed by atoms with Crippen LogP contribution in [0.4, 0.5) is 0 Å². The van der Waals surface area contributed by atoms with Crippen LogP contribution in [0.15, 0.2) is 215 Å². The fourth-order valence-electron chi connectivity index (χ4n) is 8.93. The molecule has 0 aliphatic rings. The second-order valence-corrected chi connectivity index (χ2v) is 17.5. The second kappa shape index (κ2) is 30.2. The maximum atomic E-state index is 4.36. The van der Waals surface area contributed by atoms with Gasteiger partial charge in [0.05, 0.1) is 34.6 Å². The van der Waals surface area contributed by atoms with Gasteiger partial charge >= 0.3 is 0 Å². The van der Waals surface area contributed by atoms with Gasteiger partial charge in [0.2, 0.25) is 0 Å². The summed E-state index contributed by atoms with van der Waals surface area (Å²) >= 11 is 0. The number of nitrogens with zero attached hydrogens (tertiary/aromatic N) is 18. The molecule has 0 aliphatic carbocycles. The third-order valence-electron chi connectivity index (χ3n) is 12.6. The maximum Gasteiger partial charge on any atom is 0.137 e. The van der Waals surface area contributed by atoms with Crippen LogP contribution in [-0.4, -0.2) is 86.7 Å². The summed E-state index contributed by atoms with van der Waals surface area (Å²) in [4.78, 5) is 42.0. The smallest absolute Gasteiger partial charge is 0.137 e. The van der Waals surface area contributed by atoms with Gasteiger partial charge in [-0.05, 0) is 55.1 Å². The Morgan fingerprint density at radius 1 is 0.376 bits per heavy atom. The van der Waals surface area contributed by atoms with Gasteiger partial charge in [-0.25, -0.2) is 0 Å². The Hall–Kier alpha value is -7.31. The summed E-state index contributed by atoms with van der Waals surface area (Å²) in [6, 6.07) is 45.0. The van der Waals surface area contributed by atoms with Crippen molar-refractivity contribution in [2.45, 2.75) is 6.92 Å². The molecule has 1 radical (unpaired) electrons. The predicted octanol–water partition coefficient (Wildman–Crippen LogP) is 10.4. The van der Waals surface area contributed by atoms with E-state index in [1.165, 1.54) is 0 Å². The van der Waals surface area contributed by atoms with E-state index in [0.717, 1.165) is 105 Å². The molecule has 0 bridgehead atoms. The van der Waals surface area contributed by atoms with E-state index in [0.29, 0.717) is 0 Å². The number of fused-ring (bicyclic) bond motifs is 18. The van der Waals surface area contributed by atoms with E-state index in [-0.39, 0.29) is 125 Å². The minimum Gasteiger partial charge on any atom is -0.361 e. The Morgan fingerprint density at radius 3 is 1.62 bits per heavy atom. The van der Waals surface area contributed by atoms with Crippen LogP contribution in [0.2, 0.25) is 0 Å². The molecule has 15 aromatic heterocycles. The first-order valence-electron chi connectivity index (χ1n) is 24.6. The Morgan fingerprint density at radius 2 is 0.894 bits per heavy atom. The van der Waals surface area contributed by atoms with E-state index in [9.17, 15) is 0 Å². The van der Waals surface area contributed by atoms with Crippen molar-refractivity contribution in [3.63, 3.8) is 0 Å². The molecule has 437 valence electrons. The van der Waals surface area contributed by atoms with Gasteiger partial charge in [0.15, 0.2) is 0 Å². The number of pyridine rings is 7. The van der Waals surface area contributed by atoms with Crippen LogP contribution >= 0.6 is 0 Å². The van der Waals surface area contributed by atoms with E-state index in [4.69, 9.17) is 0 Å². The largest absolute Gasteiger partial charge is 0.361 e. The number of hydrogen-bond acceptors (Lipinski definition) is 12. The first-order chi connectivity index (χ1) is 39.1. The van der Waals surface area contributed by atoms with Gasteiger partial charge in [0.1, 0.15) is 5.82 Å². The number of rotatable bonds is 0. The quantitative estimate of drug-likeness (QED) is 0.131. The zero-order valence-electron chi connectivity index (χ0n) is 43.7. The molecule has 18 nitrogen and oxygen atoms in total. The van der Waals surface area contributed by atoms with Gasteiger partial charge in [-0.1, -0.05) is 69.0 Å². The molecule has 0 unspecified atom stereocenters. The molecule has 0 amide bonds. The molecule has 85 heavy (non-hydrogen) atoms. The van der Waals surface area contributed by atoms with E-state index in [1.807, 2.05) is 172 Å². The molecule has 0 aliphatic heterocycles.